The summed E-state index contributed by atoms with van der Waals surface area (Å²) in [5.74, 6) is 0. The first-order valence-electron chi connectivity index (χ1n) is 6.76. The number of hydrogen-bond acceptors (Lipinski definition) is 2. The normalized spacial score (nSPS) is 12.3. The molecule has 0 aliphatic heterocycles. The van der Waals surface area contributed by atoms with Crippen LogP contribution in [0.15, 0.2) is 60.8 Å². The van der Waals surface area contributed by atoms with Crippen molar-refractivity contribution in [2.75, 3.05) is 0 Å². The molecule has 1 aromatic heterocycles. The lowest BCUT2D eigenvalue weighted by Gasteiger charge is -2.12. The lowest BCUT2D eigenvalue weighted by molar-refractivity contribution is 0.179. The van der Waals surface area contributed by atoms with Crippen LogP contribution in [-0.2, 0) is 6.42 Å². The SMILES string of the molecule is OC(Cc1ccccc1Cl)c1cn[nH]c1-c1ccccc1. The number of benzene rings is 2. The van der Waals surface area contributed by atoms with Gasteiger partial charge in [-0.1, -0.05) is 60.1 Å². The monoisotopic (exact) mass is 298 g/mol. The lowest BCUT2D eigenvalue weighted by Crippen LogP contribution is -2.03. The number of halogens is 1. The van der Waals surface area contributed by atoms with Gasteiger partial charge in [0.2, 0.25) is 0 Å². The molecule has 106 valence electrons. The summed E-state index contributed by atoms with van der Waals surface area (Å²) < 4.78 is 0. The highest BCUT2D eigenvalue weighted by molar-refractivity contribution is 6.31. The van der Waals surface area contributed by atoms with Crippen molar-refractivity contribution in [3.63, 3.8) is 0 Å². The molecule has 0 aliphatic carbocycles. The van der Waals surface area contributed by atoms with E-state index >= 15 is 0 Å². The summed E-state index contributed by atoms with van der Waals surface area (Å²) in [4.78, 5) is 0. The Bertz CT molecular complexity index is 724. The van der Waals surface area contributed by atoms with Crippen molar-refractivity contribution in [2.24, 2.45) is 0 Å². The number of aromatic amines is 1. The van der Waals surface area contributed by atoms with Gasteiger partial charge in [0, 0.05) is 17.0 Å². The van der Waals surface area contributed by atoms with Crippen molar-refractivity contribution in [1.29, 1.82) is 0 Å². The smallest absolute Gasteiger partial charge is 0.0867 e. The highest BCUT2D eigenvalue weighted by Crippen LogP contribution is 2.29. The molecule has 3 rings (SSSR count). The Morgan fingerprint density at radius 2 is 1.76 bits per heavy atom. The van der Waals surface area contributed by atoms with Crippen LogP contribution in [0.3, 0.4) is 0 Å². The molecule has 1 heterocycles. The zero-order valence-corrected chi connectivity index (χ0v) is 12.1. The Morgan fingerprint density at radius 3 is 2.52 bits per heavy atom. The quantitative estimate of drug-likeness (QED) is 0.764. The fraction of sp³-hybridized carbons (Fsp3) is 0.118. The third-order valence-corrected chi connectivity index (χ3v) is 3.83. The molecule has 2 aromatic carbocycles. The van der Waals surface area contributed by atoms with E-state index in [0.29, 0.717) is 11.4 Å². The molecule has 0 spiro atoms. The summed E-state index contributed by atoms with van der Waals surface area (Å²) in [6, 6.07) is 17.4. The van der Waals surface area contributed by atoms with Gasteiger partial charge in [0.1, 0.15) is 0 Å². The molecule has 0 radical (unpaired) electrons. The molecule has 0 aliphatic rings. The Balaban J connectivity index is 1.88. The molecule has 3 nitrogen and oxygen atoms in total. The average molecular weight is 299 g/mol. The minimum Gasteiger partial charge on any atom is -0.388 e. The molecule has 21 heavy (non-hydrogen) atoms. The van der Waals surface area contributed by atoms with Crippen molar-refractivity contribution in [1.82, 2.24) is 10.2 Å². The number of rotatable bonds is 4. The first-order chi connectivity index (χ1) is 10.3. The maximum Gasteiger partial charge on any atom is 0.0867 e. The van der Waals surface area contributed by atoms with Crippen LogP contribution in [-0.4, -0.2) is 15.3 Å². The van der Waals surface area contributed by atoms with Crippen LogP contribution in [0, 0.1) is 0 Å². The van der Waals surface area contributed by atoms with Gasteiger partial charge in [-0.3, -0.25) is 5.10 Å². The van der Waals surface area contributed by atoms with Crippen molar-refractivity contribution < 1.29 is 5.11 Å². The molecule has 1 unspecified atom stereocenters. The first kappa shape index (κ1) is 13.9. The fourth-order valence-corrected chi connectivity index (χ4v) is 2.58. The Hall–Kier alpha value is -2.10. The summed E-state index contributed by atoms with van der Waals surface area (Å²) in [6.07, 6.45) is 1.47. The van der Waals surface area contributed by atoms with Crippen molar-refractivity contribution in [2.45, 2.75) is 12.5 Å². The van der Waals surface area contributed by atoms with Crippen LogP contribution in [0.25, 0.3) is 11.3 Å². The van der Waals surface area contributed by atoms with Crippen molar-refractivity contribution >= 4 is 11.6 Å². The van der Waals surface area contributed by atoms with Gasteiger partial charge in [-0.2, -0.15) is 5.10 Å². The number of aromatic nitrogens is 2. The maximum atomic E-state index is 10.5. The van der Waals surface area contributed by atoms with Gasteiger partial charge in [0.15, 0.2) is 0 Å². The number of aliphatic hydroxyl groups excluding tert-OH is 1. The largest absolute Gasteiger partial charge is 0.388 e. The molecule has 0 bridgehead atoms. The molecule has 0 amide bonds. The van der Waals surface area contributed by atoms with Crippen LogP contribution in [0.4, 0.5) is 0 Å². The van der Waals surface area contributed by atoms with Gasteiger partial charge in [0.05, 0.1) is 18.0 Å². The van der Waals surface area contributed by atoms with E-state index in [1.54, 1.807) is 6.20 Å². The van der Waals surface area contributed by atoms with Crippen LogP contribution in [0.5, 0.6) is 0 Å². The number of H-pyrrole nitrogens is 1. The number of aliphatic hydroxyl groups is 1. The van der Waals surface area contributed by atoms with Crippen LogP contribution >= 0.6 is 11.6 Å². The molecule has 4 heteroatoms. The maximum absolute atomic E-state index is 10.5. The van der Waals surface area contributed by atoms with Crippen molar-refractivity contribution in [3.8, 4) is 11.3 Å². The highest BCUT2D eigenvalue weighted by Gasteiger charge is 2.17. The van der Waals surface area contributed by atoms with Crippen LogP contribution < -0.4 is 0 Å². The highest BCUT2D eigenvalue weighted by atomic mass is 35.5. The minimum absolute atomic E-state index is 0.457. The average Bonchev–Trinajstić information content (AvgIpc) is 3.00. The zero-order chi connectivity index (χ0) is 14.7. The molecule has 0 saturated heterocycles. The summed E-state index contributed by atoms with van der Waals surface area (Å²) in [6.45, 7) is 0. The second-order valence-corrected chi connectivity index (χ2v) is 5.28. The molecular weight excluding hydrogens is 284 g/mol. The lowest BCUT2D eigenvalue weighted by atomic mass is 9.99. The summed E-state index contributed by atoms with van der Waals surface area (Å²) in [5, 5.41) is 18.2. The molecule has 0 fully saturated rings. The number of nitrogens with zero attached hydrogens (tertiary/aromatic N) is 1. The van der Waals surface area contributed by atoms with E-state index in [1.165, 1.54) is 0 Å². The third kappa shape index (κ3) is 2.99. The van der Waals surface area contributed by atoms with E-state index in [-0.39, 0.29) is 0 Å². The van der Waals surface area contributed by atoms with Gasteiger partial charge >= 0.3 is 0 Å². The van der Waals surface area contributed by atoms with E-state index in [2.05, 4.69) is 10.2 Å². The predicted octanol–water partition coefficient (Wildman–Crippen LogP) is 4.01. The molecule has 0 saturated carbocycles. The standard InChI is InChI=1S/C17H15ClN2O/c18-15-9-5-4-8-13(15)10-16(21)14-11-19-20-17(14)12-6-2-1-3-7-12/h1-9,11,16,21H,10H2,(H,19,20). The second-order valence-electron chi connectivity index (χ2n) is 4.88. The van der Waals surface area contributed by atoms with E-state index in [4.69, 9.17) is 11.6 Å². The van der Waals surface area contributed by atoms with E-state index in [1.807, 2.05) is 54.6 Å². The molecular formula is C17H15ClN2O. The van der Waals surface area contributed by atoms with E-state index in [9.17, 15) is 5.11 Å². The molecule has 3 aromatic rings. The minimum atomic E-state index is -0.654. The first-order valence-corrected chi connectivity index (χ1v) is 7.13. The second kappa shape index (κ2) is 6.12. The topological polar surface area (TPSA) is 48.9 Å². The van der Waals surface area contributed by atoms with Gasteiger partial charge in [-0.15, -0.1) is 0 Å². The Kier molecular flexibility index (Phi) is 4.04. The number of hydrogen-bond donors (Lipinski definition) is 2. The zero-order valence-electron chi connectivity index (χ0n) is 11.3. The molecule has 2 N–H and O–H groups in total. The third-order valence-electron chi connectivity index (χ3n) is 3.46. The van der Waals surface area contributed by atoms with Crippen LogP contribution in [0.1, 0.15) is 17.2 Å². The van der Waals surface area contributed by atoms with Crippen LogP contribution in [0.2, 0.25) is 5.02 Å². The summed E-state index contributed by atoms with van der Waals surface area (Å²) >= 11 is 6.15. The van der Waals surface area contributed by atoms with Crippen molar-refractivity contribution in [3.05, 3.63) is 76.9 Å². The molecule has 1 atom stereocenters. The van der Waals surface area contributed by atoms with Gasteiger partial charge in [0.25, 0.3) is 0 Å². The number of nitrogens with one attached hydrogen (secondary N) is 1. The Labute approximate surface area is 128 Å². The summed E-state index contributed by atoms with van der Waals surface area (Å²) in [7, 11) is 0. The Morgan fingerprint density at radius 1 is 1.05 bits per heavy atom. The van der Waals surface area contributed by atoms with E-state index < -0.39 is 6.10 Å². The van der Waals surface area contributed by atoms with E-state index in [0.717, 1.165) is 22.4 Å². The van der Waals surface area contributed by atoms with Gasteiger partial charge < -0.3 is 5.11 Å². The van der Waals surface area contributed by atoms with Gasteiger partial charge in [-0.25, -0.2) is 0 Å². The summed E-state index contributed by atoms with van der Waals surface area (Å²) in [5.41, 5.74) is 3.55. The predicted molar refractivity (Wildman–Crippen MR) is 84.1 cm³/mol. The van der Waals surface area contributed by atoms with Gasteiger partial charge in [-0.05, 0) is 17.2 Å². The fourth-order valence-electron chi connectivity index (χ4n) is 2.37.